The maximum atomic E-state index is 5.72. The lowest BCUT2D eigenvalue weighted by Crippen LogP contribution is -2.40. The first kappa shape index (κ1) is 9.96. The summed E-state index contributed by atoms with van der Waals surface area (Å²) in [6, 6.07) is 0.424. The summed E-state index contributed by atoms with van der Waals surface area (Å²) in [5, 5.41) is 0. The molecule has 0 aromatic heterocycles. The molecule has 0 amide bonds. The van der Waals surface area contributed by atoms with Crippen LogP contribution in [0.4, 0.5) is 0 Å². The molecule has 0 aromatic rings. The Kier molecular flexibility index (Phi) is 3.50. The molecule has 1 fully saturated rings. The largest absolute Gasteiger partial charge is 0.377 e. The standard InChI is InChI=1S/C9H19NO2/c1-7(2)12-9-6-11-5-8(9)10(3)4/h7-9H,5-6H2,1-4H3/t8-,9-/m1/s1. The molecule has 1 heterocycles. The monoisotopic (exact) mass is 173 g/mol. The molecule has 0 N–H and O–H groups in total. The molecule has 0 unspecified atom stereocenters. The van der Waals surface area contributed by atoms with Gasteiger partial charge in [-0.05, 0) is 27.9 Å². The maximum absolute atomic E-state index is 5.72. The van der Waals surface area contributed by atoms with Gasteiger partial charge in [0.2, 0.25) is 0 Å². The van der Waals surface area contributed by atoms with Crippen LogP contribution in [0.2, 0.25) is 0 Å². The molecule has 0 saturated carbocycles. The number of hydrogen-bond acceptors (Lipinski definition) is 3. The van der Waals surface area contributed by atoms with Gasteiger partial charge >= 0.3 is 0 Å². The lowest BCUT2D eigenvalue weighted by Gasteiger charge is -2.25. The molecule has 72 valence electrons. The zero-order valence-electron chi connectivity index (χ0n) is 8.41. The molecule has 3 heteroatoms. The third-order valence-electron chi connectivity index (χ3n) is 2.11. The lowest BCUT2D eigenvalue weighted by atomic mass is 10.2. The number of ether oxygens (including phenoxy) is 2. The van der Waals surface area contributed by atoms with E-state index in [-0.39, 0.29) is 6.10 Å². The lowest BCUT2D eigenvalue weighted by molar-refractivity contribution is -0.0196. The fraction of sp³-hybridized carbons (Fsp3) is 1.00. The summed E-state index contributed by atoms with van der Waals surface area (Å²) in [6.07, 6.45) is 0.541. The summed E-state index contributed by atoms with van der Waals surface area (Å²) in [6.45, 7) is 5.65. The Morgan fingerprint density at radius 3 is 2.50 bits per heavy atom. The van der Waals surface area contributed by atoms with Crippen molar-refractivity contribution in [2.75, 3.05) is 27.3 Å². The maximum Gasteiger partial charge on any atom is 0.0988 e. The minimum Gasteiger partial charge on any atom is -0.377 e. The van der Waals surface area contributed by atoms with Crippen molar-refractivity contribution < 1.29 is 9.47 Å². The highest BCUT2D eigenvalue weighted by Crippen LogP contribution is 2.15. The number of hydrogen-bond donors (Lipinski definition) is 0. The number of rotatable bonds is 3. The topological polar surface area (TPSA) is 21.7 Å². The molecule has 0 radical (unpaired) electrons. The summed E-state index contributed by atoms with van der Waals surface area (Å²) in [7, 11) is 4.13. The van der Waals surface area contributed by atoms with Gasteiger partial charge in [0.1, 0.15) is 0 Å². The Bertz CT molecular complexity index is 136. The van der Waals surface area contributed by atoms with Crippen molar-refractivity contribution in [3.63, 3.8) is 0 Å². The van der Waals surface area contributed by atoms with Crippen molar-refractivity contribution >= 4 is 0 Å². The van der Waals surface area contributed by atoms with E-state index in [2.05, 4.69) is 32.8 Å². The van der Waals surface area contributed by atoms with Crippen LogP contribution >= 0.6 is 0 Å². The average molecular weight is 173 g/mol. The Morgan fingerprint density at radius 1 is 1.33 bits per heavy atom. The van der Waals surface area contributed by atoms with E-state index >= 15 is 0 Å². The zero-order chi connectivity index (χ0) is 9.14. The summed E-state index contributed by atoms with van der Waals surface area (Å²) < 4.78 is 11.1. The predicted molar refractivity (Wildman–Crippen MR) is 48.3 cm³/mol. The Hall–Kier alpha value is -0.120. The summed E-state index contributed by atoms with van der Waals surface area (Å²) >= 11 is 0. The highest BCUT2D eigenvalue weighted by Gasteiger charge is 2.30. The molecule has 12 heavy (non-hydrogen) atoms. The van der Waals surface area contributed by atoms with E-state index in [0.717, 1.165) is 13.2 Å². The highest BCUT2D eigenvalue weighted by atomic mass is 16.6. The smallest absolute Gasteiger partial charge is 0.0988 e. The van der Waals surface area contributed by atoms with Crippen molar-refractivity contribution in [1.82, 2.24) is 4.90 Å². The quantitative estimate of drug-likeness (QED) is 0.628. The van der Waals surface area contributed by atoms with Gasteiger partial charge < -0.3 is 14.4 Å². The fourth-order valence-corrected chi connectivity index (χ4v) is 1.48. The van der Waals surface area contributed by atoms with Crippen LogP contribution in [0.1, 0.15) is 13.8 Å². The van der Waals surface area contributed by atoms with Crippen LogP contribution in [0.15, 0.2) is 0 Å². The van der Waals surface area contributed by atoms with Crippen molar-refractivity contribution in [2.24, 2.45) is 0 Å². The van der Waals surface area contributed by atoms with E-state index in [9.17, 15) is 0 Å². The molecule has 0 spiro atoms. The Balaban J connectivity index is 2.41. The first-order valence-electron chi connectivity index (χ1n) is 4.51. The van der Waals surface area contributed by atoms with E-state index in [1.54, 1.807) is 0 Å². The van der Waals surface area contributed by atoms with Gasteiger partial charge in [-0.1, -0.05) is 0 Å². The second-order valence-corrected chi connectivity index (χ2v) is 3.79. The summed E-state index contributed by atoms with van der Waals surface area (Å²) in [5.41, 5.74) is 0. The van der Waals surface area contributed by atoms with E-state index in [4.69, 9.17) is 9.47 Å². The third kappa shape index (κ3) is 2.44. The molecule has 1 aliphatic heterocycles. The van der Waals surface area contributed by atoms with E-state index < -0.39 is 0 Å². The van der Waals surface area contributed by atoms with Crippen LogP contribution in [0.3, 0.4) is 0 Å². The highest BCUT2D eigenvalue weighted by molar-refractivity contribution is 4.82. The first-order chi connectivity index (χ1) is 5.61. The Morgan fingerprint density at radius 2 is 2.00 bits per heavy atom. The second-order valence-electron chi connectivity index (χ2n) is 3.79. The third-order valence-corrected chi connectivity index (χ3v) is 2.11. The van der Waals surface area contributed by atoms with Gasteiger partial charge in [-0.15, -0.1) is 0 Å². The molecule has 0 bridgehead atoms. The Labute approximate surface area is 74.6 Å². The van der Waals surface area contributed by atoms with Crippen LogP contribution in [0.25, 0.3) is 0 Å². The SMILES string of the molecule is CC(C)O[C@@H]1COC[C@H]1N(C)C. The summed E-state index contributed by atoms with van der Waals surface area (Å²) in [4.78, 5) is 2.17. The van der Waals surface area contributed by atoms with E-state index in [0.29, 0.717) is 12.1 Å². The van der Waals surface area contributed by atoms with Crippen LogP contribution in [0, 0.1) is 0 Å². The molecular formula is C9H19NO2. The average Bonchev–Trinajstić information content (AvgIpc) is 2.33. The minimum absolute atomic E-state index is 0.250. The van der Waals surface area contributed by atoms with Gasteiger partial charge in [-0.2, -0.15) is 0 Å². The van der Waals surface area contributed by atoms with Gasteiger partial charge in [0, 0.05) is 0 Å². The van der Waals surface area contributed by atoms with E-state index in [1.165, 1.54) is 0 Å². The molecule has 1 rings (SSSR count). The van der Waals surface area contributed by atoms with Crippen molar-refractivity contribution in [2.45, 2.75) is 32.1 Å². The number of likely N-dealkylation sites (N-methyl/N-ethyl adjacent to an activating group) is 1. The normalized spacial score (nSPS) is 30.5. The molecular weight excluding hydrogens is 154 g/mol. The predicted octanol–water partition coefficient (Wildman–Crippen LogP) is 0.740. The van der Waals surface area contributed by atoms with Gasteiger partial charge in [0.05, 0.1) is 31.5 Å². The van der Waals surface area contributed by atoms with Gasteiger partial charge in [-0.25, -0.2) is 0 Å². The zero-order valence-corrected chi connectivity index (χ0v) is 8.41. The molecule has 3 nitrogen and oxygen atoms in total. The number of nitrogens with zero attached hydrogens (tertiary/aromatic N) is 1. The van der Waals surface area contributed by atoms with Gasteiger partial charge in [0.25, 0.3) is 0 Å². The van der Waals surface area contributed by atoms with Crippen LogP contribution in [-0.2, 0) is 9.47 Å². The molecule has 1 saturated heterocycles. The second kappa shape index (κ2) is 4.21. The van der Waals surface area contributed by atoms with Gasteiger partial charge in [-0.3, -0.25) is 0 Å². The molecule has 0 aromatic carbocycles. The minimum atomic E-state index is 0.250. The van der Waals surface area contributed by atoms with Crippen molar-refractivity contribution in [3.05, 3.63) is 0 Å². The fourth-order valence-electron chi connectivity index (χ4n) is 1.48. The molecule has 0 aliphatic carbocycles. The van der Waals surface area contributed by atoms with Crippen molar-refractivity contribution in [1.29, 1.82) is 0 Å². The van der Waals surface area contributed by atoms with Gasteiger partial charge in [0.15, 0.2) is 0 Å². The van der Waals surface area contributed by atoms with Crippen LogP contribution in [0.5, 0.6) is 0 Å². The van der Waals surface area contributed by atoms with Crippen LogP contribution in [-0.4, -0.2) is 50.5 Å². The molecule has 2 atom stereocenters. The summed E-state index contributed by atoms with van der Waals surface area (Å²) in [5.74, 6) is 0. The molecule has 1 aliphatic rings. The van der Waals surface area contributed by atoms with Crippen LogP contribution < -0.4 is 0 Å². The van der Waals surface area contributed by atoms with E-state index in [1.807, 2.05) is 0 Å². The first-order valence-corrected chi connectivity index (χ1v) is 4.51. The van der Waals surface area contributed by atoms with Crippen molar-refractivity contribution in [3.8, 4) is 0 Å².